The van der Waals surface area contributed by atoms with Crippen molar-refractivity contribution in [2.75, 3.05) is 12.8 Å². The van der Waals surface area contributed by atoms with Gasteiger partial charge in [-0.15, -0.1) is 0 Å². The SMILES string of the molecule is COc1ccc(N)cc1C(=O)NC1CC1c1ccccc1. The van der Waals surface area contributed by atoms with Crippen molar-refractivity contribution >= 4 is 11.6 Å². The number of hydrogen-bond acceptors (Lipinski definition) is 3. The number of ether oxygens (including phenoxy) is 1. The van der Waals surface area contributed by atoms with Crippen molar-refractivity contribution in [2.45, 2.75) is 18.4 Å². The molecular formula is C17H18N2O2. The van der Waals surface area contributed by atoms with Crippen molar-refractivity contribution in [2.24, 2.45) is 0 Å². The van der Waals surface area contributed by atoms with Crippen LogP contribution in [-0.4, -0.2) is 19.1 Å². The number of rotatable bonds is 4. The zero-order valence-corrected chi connectivity index (χ0v) is 11.9. The molecule has 4 heteroatoms. The van der Waals surface area contributed by atoms with E-state index < -0.39 is 0 Å². The van der Waals surface area contributed by atoms with E-state index in [2.05, 4.69) is 17.4 Å². The van der Waals surface area contributed by atoms with E-state index >= 15 is 0 Å². The molecule has 0 bridgehead atoms. The first-order chi connectivity index (χ1) is 10.2. The topological polar surface area (TPSA) is 64.3 Å². The Bertz CT molecular complexity index is 655. The summed E-state index contributed by atoms with van der Waals surface area (Å²) in [4.78, 5) is 12.4. The number of hydrogen-bond donors (Lipinski definition) is 2. The fraction of sp³-hybridized carbons (Fsp3) is 0.235. The molecular weight excluding hydrogens is 264 g/mol. The van der Waals surface area contributed by atoms with Crippen LogP contribution in [-0.2, 0) is 0 Å². The summed E-state index contributed by atoms with van der Waals surface area (Å²) in [5.74, 6) is 0.809. The van der Waals surface area contributed by atoms with Gasteiger partial charge in [-0.2, -0.15) is 0 Å². The Labute approximate surface area is 123 Å². The first kappa shape index (κ1) is 13.5. The Balaban J connectivity index is 1.70. The van der Waals surface area contributed by atoms with E-state index in [1.54, 1.807) is 25.3 Å². The highest BCUT2D eigenvalue weighted by molar-refractivity contribution is 5.98. The molecule has 0 radical (unpaired) electrons. The van der Waals surface area contributed by atoms with Crippen LogP contribution in [0, 0.1) is 0 Å². The van der Waals surface area contributed by atoms with Crippen LogP contribution in [0.5, 0.6) is 5.75 Å². The molecule has 1 fully saturated rings. The summed E-state index contributed by atoms with van der Waals surface area (Å²) in [6.45, 7) is 0. The van der Waals surface area contributed by atoms with Crippen LogP contribution in [0.2, 0.25) is 0 Å². The molecule has 2 aromatic rings. The molecule has 0 spiro atoms. The highest BCUT2D eigenvalue weighted by Crippen LogP contribution is 2.40. The van der Waals surface area contributed by atoms with Gasteiger partial charge in [0.15, 0.2) is 0 Å². The average molecular weight is 282 g/mol. The van der Waals surface area contributed by atoms with Gasteiger partial charge in [0.1, 0.15) is 5.75 Å². The van der Waals surface area contributed by atoms with Crippen LogP contribution in [0.3, 0.4) is 0 Å². The number of nitrogen functional groups attached to an aromatic ring is 1. The monoisotopic (exact) mass is 282 g/mol. The number of methoxy groups -OCH3 is 1. The Morgan fingerprint density at radius 2 is 2.00 bits per heavy atom. The van der Waals surface area contributed by atoms with Crippen molar-refractivity contribution in [3.63, 3.8) is 0 Å². The van der Waals surface area contributed by atoms with Gasteiger partial charge in [0.25, 0.3) is 5.91 Å². The number of benzene rings is 2. The molecule has 2 unspecified atom stereocenters. The fourth-order valence-electron chi connectivity index (χ4n) is 2.57. The Morgan fingerprint density at radius 3 is 2.71 bits per heavy atom. The quantitative estimate of drug-likeness (QED) is 0.847. The van der Waals surface area contributed by atoms with E-state index in [0.717, 1.165) is 6.42 Å². The lowest BCUT2D eigenvalue weighted by molar-refractivity contribution is 0.0947. The lowest BCUT2D eigenvalue weighted by Crippen LogP contribution is -2.27. The van der Waals surface area contributed by atoms with E-state index in [0.29, 0.717) is 22.9 Å². The van der Waals surface area contributed by atoms with Gasteiger partial charge in [0.2, 0.25) is 0 Å². The lowest BCUT2D eigenvalue weighted by Gasteiger charge is -2.10. The van der Waals surface area contributed by atoms with Gasteiger partial charge in [-0.25, -0.2) is 0 Å². The standard InChI is InChI=1S/C17H18N2O2/c1-21-16-8-7-12(18)9-14(16)17(20)19-15-10-13(15)11-5-3-2-4-6-11/h2-9,13,15H,10,18H2,1H3,(H,19,20). The van der Waals surface area contributed by atoms with E-state index in [9.17, 15) is 4.79 Å². The second-order valence-electron chi connectivity index (χ2n) is 5.29. The van der Waals surface area contributed by atoms with Crippen LogP contribution in [0.25, 0.3) is 0 Å². The predicted molar refractivity (Wildman–Crippen MR) is 82.5 cm³/mol. The molecule has 21 heavy (non-hydrogen) atoms. The molecule has 2 atom stereocenters. The minimum absolute atomic E-state index is 0.136. The molecule has 3 N–H and O–H groups in total. The molecule has 0 aromatic heterocycles. The first-order valence-electron chi connectivity index (χ1n) is 6.98. The summed E-state index contributed by atoms with van der Waals surface area (Å²) in [7, 11) is 1.55. The van der Waals surface area contributed by atoms with E-state index in [1.165, 1.54) is 5.56 Å². The first-order valence-corrected chi connectivity index (χ1v) is 6.98. The Morgan fingerprint density at radius 1 is 1.24 bits per heavy atom. The smallest absolute Gasteiger partial charge is 0.255 e. The predicted octanol–water partition coefficient (Wildman–Crippen LogP) is 2.56. The van der Waals surface area contributed by atoms with Gasteiger partial charge in [-0.05, 0) is 30.2 Å². The van der Waals surface area contributed by atoms with Crippen molar-refractivity contribution in [3.05, 3.63) is 59.7 Å². The maximum absolute atomic E-state index is 12.4. The zero-order valence-electron chi connectivity index (χ0n) is 11.9. The van der Waals surface area contributed by atoms with Gasteiger partial charge >= 0.3 is 0 Å². The van der Waals surface area contributed by atoms with Crippen LogP contribution in [0.1, 0.15) is 28.3 Å². The molecule has 108 valence electrons. The summed E-state index contributed by atoms with van der Waals surface area (Å²) < 4.78 is 5.22. The second kappa shape index (κ2) is 5.48. The third-order valence-electron chi connectivity index (χ3n) is 3.80. The zero-order chi connectivity index (χ0) is 14.8. The Kier molecular flexibility index (Phi) is 3.52. The van der Waals surface area contributed by atoms with Crippen LogP contribution >= 0.6 is 0 Å². The summed E-state index contributed by atoms with van der Waals surface area (Å²) in [6, 6.07) is 15.5. The normalized spacial score (nSPS) is 19.9. The van der Waals surface area contributed by atoms with Gasteiger partial charge in [-0.3, -0.25) is 4.79 Å². The average Bonchev–Trinajstić information content (AvgIpc) is 3.27. The third-order valence-corrected chi connectivity index (χ3v) is 3.80. The fourth-order valence-corrected chi connectivity index (χ4v) is 2.57. The van der Waals surface area contributed by atoms with E-state index in [4.69, 9.17) is 10.5 Å². The molecule has 3 rings (SSSR count). The van der Waals surface area contributed by atoms with E-state index in [-0.39, 0.29) is 11.9 Å². The van der Waals surface area contributed by atoms with Crippen molar-refractivity contribution < 1.29 is 9.53 Å². The largest absolute Gasteiger partial charge is 0.496 e. The highest BCUT2D eigenvalue weighted by atomic mass is 16.5. The molecule has 4 nitrogen and oxygen atoms in total. The number of anilines is 1. The molecule has 1 aliphatic carbocycles. The third kappa shape index (κ3) is 2.84. The minimum Gasteiger partial charge on any atom is -0.496 e. The van der Waals surface area contributed by atoms with Crippen LogP contribution in [0.4, 0.5) is 5.69 Å². The van der Waals surface area contributed by atoms with Gasteiger partial charge in [-0.1, -0.05) is 30.3 Å². The van der Waals surface area contributed by atoms with Crippen molar-refractivity contribution in [1.29, 1.82) is 0 Å². The number of nitrogens with two attached hydrogens (primary N) is 1. The van der Waals surface area contributed by atoms with Gasteiger partial charge < -0.3 is 15.8 Å². The summed E-state index contributed by atoms with van der Waals surface area (Å²) in [5.41, 5.74) is 8.05. The maximum Gasteiger partial charge on any atom is 0.255 e. The molecule has 0 aliphatic heterocycles. The second-order valence-corrected chi connectivity index (χ2v) is 5.29. The summed E-state index contributed by atoms with van der Waals surface area (Å²) in [5, 5.41) is 3.05. The molecule has 1 amide bonds. The maximum atomic E-state index is 12.4. The summed E-state index contributed by atoms with van der Waals surface area (Å²) in [6.07, 6.45) is 0.973. The number of amides is 1. The molecule has 2 aromatic carbocycles. The number of carbonyl (C=O) groups is 1. The lowest BCUT2D eigenvalue weighted by atomic mass is 10.1. The van der Waals surface area contributed by atoms with E-state index in [1.807, 2.05) is 18.2 Å². The minimum atomic E-state index is -0.136. The highest BCUT2D eigenvalue weighted by Gasteiger charge is 2.39. The molecule has 1 aliphatic rings. The summed E-state index contributed by atoms with van der Waals surface area (Å²) >= 11 is 0. The molecule has 0 heterocycles. The number of nitrogens with one attached hydrogen (secondary N) is 1. The molecule has 1 saturated carbocycles. The van der Waals surface area contributed by atoms with Crippen LogP contribution in [0.15, 0.2) is 48.5 Å². The van der Waals surface area contributed by atoms with Crippen LogP contribution < -0.4 is 15.8 Å². The van der Waals surface area contributed by atoms with Gasteiger partial charge in [0, 0.05) is 17.6 Å². The van der Waals surface area contributed by atoms with Crippen molar-refractivity contribution in [3.8, 4) is 5.75 Å². The van der Waals surface area contributed by atoms with Crippen molar-refractivity contribution in [1.82, 2.24) is 5.32 Å². The Hall–Kier alpha value is -2.49. The number of carbonyl (C=O) groups excluding carboxylic acids is 1. The molecule has 0 saturated heterocycles. The van der Waals surface area contributed by atoms with Gasteiger partial charge in [0.05, 0.1) is 12.7 Å².